The average Bonchev–Trinajstić information content (AvgIpc) is 2.76. The Balaban J connectivity index is 2.64. The molecule has 3 aromatic rings. The first-order chi connectivity index (χ1) is 8.58. The number of aromatic carboxylic acids is 1. The van der Waals surface area contributed by atoms with Crippen molar-refractivity contribution < 1.29 is 9.90 Å². The van der Waals surface area contributed by atoms with Gasteiger partial charge in [-0.3, -0.25) is 4.79 Å². The van der Waals surface area contributed by atoms with E-state index >= 15 is 0 Å². The largest absolute Gasteiger partial charge is 0.478 e. The van der Waals surface area contributed by atoms with Gasteiger partial charge >= 0.3 is 5.97 Å². The van der Waals surface area contributed by atoms with Crippen molar-refractivity contribution in [2.24, 2.45) is 0 Å². The molecule has 0 radical (unpaired) electrons. The van der Waals surface area contributed by atoms with E-state index in [4.69, 9.17) is 5.11 Å². The summed E-state index contributed by atoms with van der Waals surface area (Å²) in [7, 11) is 0. The number of aromatic nitrogens is 2. The van der Waals surface area contributed by atoms with Crippen molar-refractivity contribution in [2.45, 2.75) is 0 Å². The van der Waals surface area contributed by atoms with Gasteiger partial charge in [0.2, 0.25) is 0 Å². The SMILES string of the molecule is O=C(O)c1c[nH]c2c(=O)[nH]c3ccc(Br)cc3c12. The summed E-state index contributed by atoms with van der Waals surface area (Å²) in [6, 6.07) is 5.31. The number of pyridine rings is 1. The van der Waals surface area contributed by atoms with Gasteiger partial charge in [-0.05, 0) is 18.2 Å². The standard InChI is InChI=1S/C12H7BrN2O3/c13-5-1-2-8-6(3-5)9-7(12(17)18)4-14-10(9)11(16)15-8/h1-4,14H,(H,15,16)(H,17,18). The number of H-pyrrole nitrogens is 2. The molecule has 0 unspecified atom stereocenters. The van der Waals surface area contributed by atoms with Gasteiger partial charge in [0.05, 0.1) is 5.56 Å². The second kappa shape index (κ2) is 3.71. The Morgan fingerprint density at radius 3 is 2.83 bits per heavy atom. The van der Waals surface area contributed by atoms with Crippen LogP contribution in [0, 0.1) is 0 Å². The zero-order valence-electron chi connectivity index (χ0n) is 8.95. The van der Waals surface area contributed by atoms with E-state index in [-0.39, 0.29) is 16.6 Å². The molecule has 0 spiro atoms. The van der Waals surface area contributed by atoms with Crippen molar-refractivity contribution in [2.75, 3.05) is 0 Å². The van der Waals surface area contributed by atoms with Crippen molar-refractivity contribution in [3.63, 3.8) is 0 Å². The first-order valence-corrected chi connectivity index (χ1v) is 5.93. The van der Waals surface area contributed by atoms with E-state index in [1.807, 2.05) is 0 Å². The lowest BCUT2D eigenvalue weighted by molar-refractivity contribution is 0.0699. The van der Waals surface area contributed by atoms with Crippen LogP contribution in [0.3, 0.4) is 0 Å². The number of nitrogens with one attached hydrogen (secondary N) is 2. The van der Waals surface area contributed by atoms with Crippen LogP contribution in [0.4, 0.5) is 0 Å². The topological polar surface area (TPSA) is 85.9 Å². The maximum Gasteiger partial charge on any atom is 0.337 e. The number of aromatic amines is 2. The maximum absolute atomic E-state index is 11.8. The molecule has 1 aromatic carbocycles. The maximum atomic E-state index is 11.8. The number of benzene rings is 1. The third-order valence-electron chi connectivity index (χ3n) is 2.84. The highest BCUT2D eigenvalue weighted by Gasteiger charge is 2.16. The Morgan fingerprint density at radius 1 is 1.33 bits per heavy atom. The van der Waals surface area contributed by atoms with E-state index in [0.717, 1.165) is 4.47 Å². The Bertz CT molecular complexity index is 848. The summed E-state index contributed by atoms with van der Waals surface area (Å²) in [5, 5.41) is 10.3. The van der Waals surface area contributed by atoms with E-state index in [0.29, 0.717) is 16.3 Å². The van der Waals surface area contributed by atoms with Crippen LogP contribution in [0.5, 0.6) is 0 Å². The number of rotatable bonds is 1. The van der Waals surface area contributed by atoms with Crippen molar-refractivity contribution in [3.05, 3.63) is 44.8 Å². The van der Waals surface area contributed by atoms with Crippen LogP contribution < -0.4 is 5.56 Å². The van der Waals surface area contributed by atoms with Crippen molar-refractivity contribution in [1.82, 2.24) is 9.97 Å². The predicted molar refractivity (Wildman–Crippen MR) is 71.1 cm³/mol. The van der Waals surface area contributed by atoms with Crippen molar-refractivity contribution >= 4 is 43.7 Å². The van der Waals surface area contributed by atoms with Crippen molar-refractivity contribution in [1.29, 1.82) is 0 Å². The summed E-state index contributed by atoms with van der Waals surface area (Å²) in [4.78, 5) is 28.4. The molecule has 2 aromatic heterocycles. The van der Waals surface area contributed by atoms with E-state index in [2.05, 4.69) is 25.9 Å². The van der Waals surface area contributed by atoms with Gasteiger partial charge in [-0.2, -0.15) is 0 Å². The first kappa shape index (κ1) is 11.0. The van der Waals surface area contributed by atoms with Gasteiger partial charge in [0.15, 0.2) is 0 Å². The van der Waals surface area contributed by atoms with E-state index in [9.17, 15) is 9.59 Å². The van der Waals surface area contributed by atoms with Crippen molar-refractivity contribution in [3.8, 4) is 0 Å². The van der Waals surface area contributed by atoms with Gasteiger partial charge < -0.3 is 15.1 Å². The second-order valence-electron chi connectivity index (χ2n) is 3.90. The summed E-state index contributed by atoms with van der Waals surface area (Å²) < 4.78 is 0.820. The third kappa shape index (κ3) is 1.46. The molecule has 0 saturated carbocycles. The zero-order valence-corrected chi connectivity index (χ0v) is 10.5. The number of carbonyl (C=O) groups is 1. The Labute approximate surface area is 109 Å². The number of fused-ring (bicyclic) bond motifs is 3. The fraction of sp³-hybridized carbons (Fsp3) is 0. The van der Waals surface area contributed by atoms with Gasteiger partial charge in [0, 0.05) is 27.0 Å². The van der Waals surface area contributed by atoms with Crippen LogP contribution in [0.2, 0.25) is 0 Å². The molecule has 0 aliphatic rings. The molecule has 6 heteroatoms. The molecular formula is C12H7BrN2O3. The smallest absolute Gasteiger partial charge is 0.337 e. The lowest BCUT2D eigenvalue weighted by Gasteiger charge is -2.01. The summed E-state index contributed by atoms with van der Waals surface area (Å²) in [6.45, 7) is 0. The normalized spacial score (nSPS) is 11.2. The summed E-state index contributed by atoms with van der Waals surface area (Å²) >= 11 is 3.34. The Hall–Kier alpha value is -2.08. The van der Waals surface area contributed by atoms with Crippen LogP contribution in [-0.4, -0.2) is 21.0 Å². The van der Waals surface area contributed by atoms with Crippen LogP contribution in [0.25, 0.3) is 21.8 Å². The number of hydrogen-bond donors (Lipinski definition) is 3. The molecule has 0 bridgehead atoms. The summed E-state index contributed by atoms with van der Waals surface area (Å²) in [5.41, 5.74) is 0.655. The number of halogens is 1. The highest BCUT2D eigenvalue weighted by molar-refractivity contribution is 9.10. The lowest BCUT2D eigenvalue weighted by atomic mass is 10.1. The number of hydrogen-bond acceptors (Lipinski definition) is 2. The highest BCUT2D eigenvalue weighted by Crippen LogP contribution is 2.27. The molecule has 0 saturated heterocycles. The van der Waals surface area contributed by atoms with Gasteiger partial charge in [0.25, 0.3) is 5.56 Å². The van der Waals surface area contributed by atoms with E-state index in [1.54, 1.807) is 18.2 Å². The molecule has 0 fully saturated rings. The summed E-state index contributed by atoms with van der Waals surface area (Å²) in [6.07, 6.45) is 1.34. The molecule has 2 heterocycles. The molecule has 0 aliphatic carbocycles. The zero-order chi connectivity index (χ0) is 12.9. The van der Waals surface area contributed by atoms with Crippen LogP contribution >= 0.6 is 15.9 Å². The average molecular weight is 307 g/mol. The van der Waals surface area contributed by atoms with Crippen LogP contribution in [0.15, 0.2) is 33.7 Å². The molecule has 3 N–H and O–H groups in total. The first-order valence-electron chi connectivity index (χ1n) is 5.14. The minimum absolute atomic E-state index is 0.0965. The fourth-order valence-electron chi connectivity index (χ4n) is 2.07. The molecular weight excluding hydrogens is 300 g/mol. The lowest BCUT2D eigenvalue weighted by Crippen LogP contribution is -2.06. The quantitative estimate of drug-likeness (QED) is 0.645. The van der Waals surface area contributed by atoms with Crippen LogP contribution in [0.1, 0.15) is 10.4 Å². The second-order valence-corrected chi connectivity index (χ2v) is 4.82. The monoisotopic (exact) mass is 306 g/mol. The molecule has 18 heavy (non-hydrogen) atoms. The van der Waals surface area contributed by atoms with E-state index in [1.165, 1.54) is 6.20 Å². The molecule has 0 atom stereocenters. The third-order valence-corrected chi connectivity index (χ3v) is 3.33. The molecule has 0 amide bonds. The molecule has 3 rings (SSSR count). The molecule has 5 nitrogen and oxygen atoms in total. The minimum Gasteiger partial charge on any atom is -0.478 e. The molecule has 0 aliphatic heterocycles. The van der Waals surface area contributed by atoms with Gasteiger partial charge in [0.1, 0.15) is 5.52 Å². The van der Waals surface area contributed by atoms with Gasteiger partial charge in [-0.25, -0.2) is 4.79 Å². The molecule has 90 valence electrons. The fourth-order valence-corrected chi connectivity index (χ4v) is 2.43. The van der Waals surface area contributed by atoms with Gasteiger partial charge in [-0.15, -0.1) is 0 Å². The number of carboxylic acid groups (broad SMARTS) is 1. The van der Waals surface area contributed by atoms with E-state index < -0.39 is 5.97 Å². The predicted octanol–water partition coefficient (Wildman–Crippen LogP) is 2.47. The summed E-state index contributed by atoms with van der Waals surface area (Å²) in [5.74, 6) is -1.06. The Morgan fingerprint density at radius 2 is 2.11 bits per heavy atom. The Kier molecular flexibility index (Phi) is 2.27. The number of carboxylic acids is 1. The van der Waals surface area contributed by atoms with Crippen LogP contribution in [-0.2, 0) is 0 Å². The van der Waals surface area contributed by atoms with Gasteiger partial charge in [-0.1, -0.05) is 15.9 Å². The highest BCUT2D eigenvalue weighted by atomic mass is 79.9. The minimum atomic E-state index is -1.06.